The first-order chi connectivity index (χ1) is 14.0. The third kappa shape index (κ3) is 2.67. The third-order valence-corrected chi connectivity index (χ3v) is 14.8. The van der Waals surface area contributed by atoms with Gasteiger partial charge in [0, 0.05) is 6.84 Å². The number of rotatable bonds is 5. The SMILES string of the molecule is CCC12CC3(I)CC(CC)(C1)CC(C14CC5(I)CC(CC)(CC(CC)(C5)C1)C4)(C3)C2. The molecule has 0 aromatic rings. The highest BCUT2D eigenvalue weighted by molar-refractivity contribution is 14.1. The molecule has 4 atom stereocenters. The molecule has 170 valence electrons. The van der Waals surface area contributed by atoms with Gasteiger partial charge in [-0.25, -0.2) is 0 Å². The standard InChI is InChI=1S/C28H44I2/c1-5-21-9-22(6-2)12-25(11-21,19-27(29,15-21)16-22)26-13-23(7-3)10-24(8-4,14-26)18-28(30,17-23)20-26/h5-20H2,1-4H3. The number of alkyl halides is 2. The van der Waals surface area contributed by atoms with Gasteiger partial charge in [-0.05, 0) is 110 Å². The monoisotopic (exact) mass is 634 g/mol. The summed E-state index contributed by atoms with van der Waals surface area (Å²) in [6.45, 7) is 10.2. The lowest BCUT2D eigenvalue weighted by Crippen LogP contribution is -2.72. The minimum absolute atomic E-state index is 0.610. The zero-order chi connectivity index (χ0) is 21.3. The Bertz CT molecular complexity index is 663. The molecule has 8 aliphatic carbocycles. The second-order valence-corrected chi connectivity index (χ2v) is 19.0. The van der Waals surface area contributed by atoms with Crippen LogP contribution in [0.15, 0.2) is 0 Å². The lowest BCUT2D eigenvalue weighted by Gasteiger charge is -2.80. The topological polar surface area (TPSA) is 0 Å². The fourth-order valence-electron chi connectivity index (χ4n) is 12.5. The number of hydrogen-bond donors (Lipinski definition) is 0. The zero-order valence-electron chi connectivity index (χ0n) is 20.1. The largest absolute Gasteiger partial charge is 0.0788 e. The van der Waals surface area contributed by atoms with Crippen LogP contribution >= 0.6 is 45.2 Å². The van der Waals surface area contributed by atoms with Crippen molar-refractivity contribution < 1.29 is 0 Å². The van der Waals surface area contributed by atoms with Crippen molar-refractivity contribution in [3.63, 3.8) is 0 Å². The maximum absolute atomic E-state index is 3.03. The Labute approximate surface area is 213 Å². The van der Waals surface area contributed by atoms with Crippen LogP contribution in [0.4, 0.5) is 0 Å². The van der Waals surface area contributed by atoms with Crippen LogP contribution in [0.2, 0.25) is 0 Å². The second kappa shape index (κ2) is 6.17. The molecule has 8 fully saturated rings. The van der Waals surface area contributed by atoms with E-state index in [1.165, 1.54) is 25.7 Å². The van der Waals surface area contributed by atoms with Crippen molar-refractivity contribution in [1.82, 2.24) is 0 Å². The fraction of sp³-hybridized carbons (Fsp3) is 1.00. The normalized spacial score (nSPS) is 63.0. The van der Waals surface area contributed by atoms with Crippen molar-refractivity contribution in [2.45, 2.75) is 137 Å². The van der Waals surface area contributed by atoms with E-state index in [2.05, 4.69) is 72.9 Å². The van der Waals surface area contributed by atoms with Crippen LogP contribution in [0.3, 0.4) is 0 Å². The highest BCUT2D eigenvalue weighted by Gasteiger charge is 2.76. The van der Waals surface area contributed by atoms with Crippen molar-refractivity contribution in [2.75, 3.05) is 0 Å². The zero-order valence-corrected chi connectivity index (χ0v) is 24.4. The van der Waals surface area contributed by atoms with Crippen molar-refractivity contribution in [3.8, 4) is 0 Å². The summed E-state index contributed by atoms with van der Waals surface area (Å²) in [7, 11) is 0. The third-order valence-electron chi connectivity index (χ3n) is 12.6. The van der Waals surface area contributed by atoms with E-state index < -0.39 is 0 Å². The van der Waals surface area contributed by atoms with Crippen LogP contribution in [0, 0.1) is 32.5 Å². The molecule has 0 N–H and O–H groups in total. The average molecular weight is 634 g/mol. The molecule has 0 spiro atoms. The molecule has 0 aromatic carbocycles. The molecule has 4 unspecified atom stereocenters. The van der Waals surface area contributed by atoms with E-state index in [0.29, 0.717) is 39.3 Å². The molecule has 2 heteroatoms. The Kier molecular flexibility index (Phi) is 4.52. The Morgan fingerprint density at radius 3 is 0.900 bits per heavy atom. The molecule has 8 saturated carbocycles. The van der Waals surface area contributed by atoms with Crippen LogP contribution < -0.4 is 0 Å². The van der Waals surface area contributed by atoms with E-state index in [9.17, 15) is 0 Å². The number of halogens is 2. The van der Waals surface area contributed by atoms with Gasteiger partial charge in [0.1, 0.15) is 0 Å². The smallest absolute Gasteiger partial charge is 0.0238 e. The molecule has 0 amide bonds. The minimum Gasteiger partial charge on any atom is -0.0788 e. The van der Waals surface area contributed by atoms with Crippen LogP contribution in [0.25, 0.3) is 0 Å². The van der Waals surface area contributed by atoms with Crippen molar-refractivity contribution in [3.05, 3.63) is 0 Å². The summed E-state index contributed by atoms with van der Waals surface area (Å²) in [6.07, 6.45) is 24.7. The molecule has 8 aliphatic rings. The Balaban J connectivity index is 1.53. The Hall–Kier alpha value is 1.46. The van der Waals surface area contributed by atoms with Crippen LogP contribution in [-0.4, -0.2) is 6.84 Å². The molecule has 8 rings (SSSR count). The summed E-state index contributed by atoms with van der Waals surface area (Å²) >= 11 is 6.06. The van der Waals surface area contributed by atoms with Gasteiger partial charge in [-0.1, -0.05) is 98.6 Å². The van der Waals surface area contributed by atoms with Gasteiger partial charge in [-0.3, -0.25) is 0 Å². The Morgan fingerprint density at radius 1 is 0.400 bits per heavy atom. The molecule has 0 heterocycles. The van der Waals surface area contributed by atoms with Crippen molar-refractivity contribution in [1.29, 1.82) is 0 Å². The van der Waals surface area contributed by atoms with Crippen LogP contribution in [0.1, 0.15) is 130 Å². The summed E-state index contributed by atoms with van der Waals surface area (Å²) in [5.74, 6) is 0. The first-order valence-electron chi connectivity index (χ1n) is 13.4. The highest BCUT2D eigenvalue weighted by atomic mass is 127. The minimum atomic E-state index is 0.610. The molecule has 0 nitrogen and oxygen atoms in total. The van der Waals surface area contributed by atoms with Gasteiger partial charge in [0.25, 0.3) is 0 Å². The van der Waals surface area contributed by atoms with Gasteiger partial charge in [0.15, 0.2) is 0 Å². The van der Waals surface area contributed by atoms with Gasteiger partial charge in [0.05, 0.1) is 0 Å². The summed E-state index contributed by atoms with van der Waals surface area (Å²) in [6, 6.07) is 0. The lowest BCUT2D eigenvalue weighted by molar-refractivity contribution is -0.261. The van der Waals surface area contributed by atoms with Crippen molar-refractivity contribution >= 4 is 45.2 Å². The van der Waals surface area contributed by atoms with E-state index in [4.69, 9.17) is 0 Å². The molecule has 0 aliphatic heterocycles. The second-order valence-electron chi connectivity index (χ2n) is 14.4. The Morgan fingerprint density at radius 2 is 0.667 bits per heavy atom. The predicted octanol–water partition coefficient (Wildman–Crippen LogP) is 9.66. The van der Waals surface area contributed by atoms with E-state index >= 15 is 0 Å². The first kappa shape index (κ1) is 22.0. The molecule has 8 bridgehead atoms. The van der Waals surface area contributed by atoms with Gasteiger partial charge < -0.3 is 0 Å². The molecule has 0 aromatic heterocycles. The summed E-state index contributed by atoms with van der Waals surface area (Å²) < 4.78 is 1.22. The van der Waals surface area contributed by atoms with Gasteiger partial charge in [0.2, 0.25) is 0 Å². The quantitative estimate of drug-likeness (QED) is 0.209. The highest BCUT2D eigenvalue weighted by Crippen LogP contribution is 2.85. The van der Waals surface area contributed by atoms with Crippen molar-refractivity contribution in [2.24, 2.45) is 32.5 Å². The average Bonchev–Trinajstić information content (AvgIpc) is 2.64. The van der Waals surface area contributed by atoms with Crippen LogP contribution in [0.5, 0.6) is 0 Å². The van der Waals surface area contributed by atoms with Crippen LogP contribution in [-0.2, 0) is 0 Å². The summed E-state index contributed by atoms with van der Waals surface area (Å²) in [5, 5.41) is 0. The van der Waals surface area contributed by atoms with E-state index in [1.54, 1.807) is 77.0 Å². The van der Waals surface area contributed by atoms with Gasteiger partial charge in [-0.2, -0.15) is 0 Å². The molecular weight excluding hydrogens is 590 g/mol. The lowest BCUT2D eigenvalue weighted by atomic mass is 9.27. The summed E-state index contributed by atoms with van der Waals surface area (Å²) in [5.41, 5.74) is 4.01. The van der Waals surface area contributed by atoms with Gasteiger partial charge in [-0.15, -0.1) is 0 Å². The summed E-state index contributed by atoms with van der Waals surface area (Å²) in [4.78, 5) is 0. The maximum atomic E-state index is 3.03. The first-order valence-corrected chi connectivity index (χ1v) is 15.5. The molecule has 0 radical (unpaired) electrons. The predicted molar refractivity (Wildman–Crippen MR) is 145 cm³/mol. The molecular formula is C28H44I2. The number of hydrogen-bond acceptors (Lipinski definition) is 0. The van der Waals surface area contributed by atoms with E-state index in [0.717, 1.165) is 0 Å². The molecule has 0 saturated heterocycles. The molecule has 30 heavy (non-hydrogen) atoms. The van der Waals surface area contributed by atoms with E-state index in [1.807, 2.05) is 0 Å². The van der Waals surface area contributed by atoms with E-state index in [-0.39, 0.29) is 0 Å². The van der Waals surface area contributed by atoms with Gasteiger partial charge >= 0.3 is 0 Å². The fourth-order valence-corrected chi connectivity index (χ4v) is 17.2. The maximum Gasteiger partial charge on any atom is 0.0238 e.